The number of halogens is 1. The Morgan fingerprint density at radius 2 is 2.31 bits per heavy atom. The molecule has 0 bridgehead atoms. The molecule has 1 aromatic carbocycles. The van der Waals surface area contributed by atoms with E-state index in [9.17, 15) is 0 Å². The summed E-state index contributed by atoms with van der Waals surface area (Å²) in [6.45, 7) is 0. The van der Waals surface area contributed by atoms with Crippen LogP contribution in [0.3, 0.4) is 0 Å². The largest absolute Gasteiger partial charge is 0.496 e. The van der Waals surface area contributed by atoms with E-state index in [0.717, 1.165) is 21.5 Å². The maximum Gasteiger partial charge on any atom is 0.210 e. The molecule has 1 aromatic heterocycles. The number of aromatic nitrogens is 2. The predicted octanol–water partition coefficient (Wildman–Crippen LogP) is 2.72. The zero-order valence-corrected chi connectivity index (χ0v) is 10.1. The Hall–Kier alpha value is -1.80. The molecule has 0 radical (unpaired) electrons. The van der Waals surface area contributed by atoms with Gasteiger partial charge in [-0.1, -0.05) is 15.9 Å². The third-order valence-electron chi connectivity index (χ3n) is 2.13. The number of hydrogen-bond donors (Lipinski definition) is 1. The zero-order valence-electron chi connectivity index (χ0n) is 8.49. The average Bonchev–Trinajstić information content (AvgIpc) is 2.77. The van der Waals surface area contributed by atoms with Crippen molar-refractivity contribution < 1.29 is 4.74 Å². The lowest BCUT2D eigenvalue weighted by Crippen LogP contribution is -1.88. The van der Waals surface area contributed by atoms with Crippen LogP contribution in [0.25, 0.3) is 11.3 Å². The highest BCUT2D eigenvalue weighted by Crippen LogP contribution is 2.31. The van der Waals surface area contributed by atoms with Crippen LogP contribution >= 0.6 is 15.9 Å². The summed E-state index contributed by atoms with van der Waals surface area (Å²) in [5.41, 5.74) is 1.63. The molecule has 2 rings (SSSR count). The first kappa shape index (κ1) is 10.7. The van der Waals surface area contributed by atoms with Gasteiger partial charge in [0.2, 0.25) is 5.82 Å². The number of nitriles is 1. The highest BCUT2D eigenvalue weighted by atomic mass is 79.9. The lowest BCUT2D eigenvalue weighted by Gasteiger charge is -2.06. The Morgan fingerprint density at radius 1 is 1.50 bits per heavy atom. The van der Waals surface area contributed by atoms with Gasteiger partial charge in [0.1, 0.15) is 11.8 Å². The van der Waals surface area contributed by atoms with E-state index in [1.165, 1.54) is 0 Å². The van der Waals surface area contributed by atoms with E-state index in [0.29, 0.717) is 0 Å². The molecule has 1 N–H and O–H groups in total. The summed E-state index contributed by atoms with van der Waals surface area (Å²) in [4.78, 5) is 6.84. The average molecular weight is 278 g/mol. The van der Waals surface area contributed by atoms with E-state index < -0.39 is 0 Å². The Morgan fingerprint density at radius 3 is 2.94 bits per heavy atom. The van der Waals surface area contributed by atoms with Crippen LogP contribution in [0.2, 0.25) is 0 Å². The predicted molar refractivity (Wildman–Crippen MR) is 63.0 cm³/mol. The van der Waals surface area contributed by atoms with E-state index in [2.05, 4.69) is 25.9 Å². The monoisotopic (exact) mass is 277 g/mol. The van der Waals surface area contributed by atoms with Crippen molar-refractivity contribution in [3.8, 4) is 23.1 Å². The van der Waals surface area contributed by atoms with Crippen LogP contribution in [0.15, 0.2) is 28.9 Å². The molecule has 80 valence electrons. The summed E-state index contributed by atoms with van der Waals surface area (Å²) in [5.74, 6) is 1.02. The molecule has 4 nitrogen and oxygen atoms in total. The van der Waals surface area contributed by atoms with Crippen molar-refractivity contribution in [2.45, 2.75) is 0 Å². The molecule has 0 aliphatic heterocycles. The molecule has 5 heteroatoms. The second-order valence-electron chi connectivity index (χ2n) is 3.10. The number of hydrogen-bond acceptors (Lipinski definition) is 3. The maximum absolute atomic E-state index is 8.69. The Balaban J connectivity index is 2.54. The van der Waals surface area contributed by atoms with Crippen molar-refractivity contribution in [2.75, 3.05) is 7.11 Å². The van der Waals surface area contributed by atoms with Gasteiger partial charge in [-0.15, -0.1) is 0 Å². The smallest absolute Gasteiger partial charge is 0.210 e. The van der Waals surface area contributed by atoms with Crippen LogP contribution in [0, 0.1) is 11.3 Å². The molecule has 16 heavy (non-hydrogen) atoms. The summed E-state index contributed by atoms with van der Waals surface area (Å²) in [6, 6.07) is 7.61. The first-order chi connectivity index (χ1) is 7.74. The zero-order chi connectivity index (χ0) is 11.5. The van der Waals surface area contributed by atoms with Gasteiger partial charge in [0.25, 0.3) is 0 Å². The number of nitrogens with one attached hydrogen (secondary N) is 1. The normalized spacial score (nSPS) is 9.81. The van der Waals surface area contributed by atoms with E-state index in [1.54, 1.807) is 13.3 Å². The van der Waals surface area contributed by atoms with Crippen LogP contribution < -0.4 is 4.74 Å². The number of imidazole rings is 1. The summed E-state index contributed by atoms with van der Waals surface area (Å²) in [5, 5.41) is 8.69. The summed E-state index contributed by atoms with van der Waals surface area (Å²) < 4.78 is 6.19. The van der Waals surface area contributed by atoms with Gasteiger partial charge in [-0.05, 0) is 18.2 Å². The lowest BCUT2D eigenvalue weighted by atomic mass is 10.1. The molecule has 1 heterocycles. The van der Waals surface area contributed by atoms with Gasteiger partial charge >= 0.3 is 0 Å². The Kier molecular flexibility index (Phi) is 2.93. The van der Waals surface area contributed by atoms with Crippen molar-refractivity contribution in [3.05, 3.63) is 34.7 Å². The van der Waals surface area contributed by atoms with Crippen LogP contribution in [0.4, 0.5) is 0 Å². The molecule has 2 aromatic rings. The number of nitrogens with zero attached hydrogens (tertiary/aromatic N) is 2. The van der Waals surface area contributed by atoms with E-state index in [4.69, 9.17) is 10.00 Å². The maximum atomic E-state index is 8.69. The second-order valence-corrected chi connectivity index (χ2v) is 4.02. The lowest BCUT2D eigenvalue weighted by molar-refractivity contribution is 0.416. The molecule has 0 aliphatic rings. The third kappa shape index (κ3) is 1.92. The van der Waals surface area contributed by atoms with Gasteiger partial charge in [0.15, 0.2) is 0 Å². The van der Waals surface area contributed by atoms with Crippen LogP contribution in [0.5, 0.6) is 5.75 Å². The topological polar surface area (TPSA) is 61.7 Å². The van der Waals surface area contributed by atoms with E-state index >= 15 is 0 Å². The van der Waals surface area contributed by atoms with Crippen molar-refractivity contribution in [1.82, 2.24) is 9.97 Å². The number of benzene rings is 1. The van der Waals surface area contributed by atoms with Gasteiger partial charge in [-0.25, -0.2) is 4.98 Å². The second kappa shape index (κ2) is 4.37. The Labute approximate surface area is 101 Å². The molecule has 0 aliphatic carbocycles. The van der Waals surface area contributed by atoms with Crippen molar-refractivity contribution >= 4 is 15.9 Å². The van der Waals surface area contributed by atoms with Gasteiger partial charge < -0.3 is 9.72 Å². The van der Waals surface area contributed by atoms with E-state index in [-0.39, 0.29) is 5.82 Å². The van der Waals surface area contributed by atoms with Crippen LogP contribution in [0.1, 0.15) is 5.82 Å². The highest BCUT2D eigenvalue weighted by Gasteiger charge is 2.09. The molecule has 0 saturated carbocycles. The highest BCUT2D eigenvalue weighted by molar-refractivity contribution is 9.10. The van der Waals surface area contributed by atoms with Gasteiger partial charge in [0.05, 0.1) is 19.0 Å². The number of aromatic amines is 1. The summed E-state index contributed by atoms with van der Waals surface area (Å²) >= 11 is 3.39. The number of rotatable bonds is 2. The van der Waals surface area contributed by atoms with Crippen LogP contribution in [-0.2, 0) is 0 Å². The van der Waals surface area contributed by atoms with Crippen molar-refractivity contribution in [3.63, 3.8) is 0 Å². The quantitative estimate of drug-likeness (QED) is 0.918. The standard InChI is InChI=1S/C11H8BrN3O/c1-16-10-3-2-7(12)4-8(10)9-6-14-11(5-13)15-9/h2-4,6H,1H3,(H,14,15). The van der Waals surface area contributed by atoms with E-state index in [1.807, 2.05) is 24.3 Å². The van der Waals surface area contributed by atoms with Crippen molar-refractivity contribution in [2.24, 2.45) is 0 Å². The van der Waals surface area contributed by atoms with Gasteiger partial charge in [0, 0.05) is 10.0 Å². The molecule has 0 fully saturated rings. The molecule has 0 amide bonds. The first-order valence-corrected chi connectivity index (χ1v) is 5.33. The molecule has 0 unspecified atom stereocenters. The van der Waals surface area contributed by atoms with Crippen molar-refractivity contribution in [1.29, 1.82) is 5.26 Å². The van der Waals surface area contributed by atoms with Crippen LogP contribution in [-0.4, -0.2) is 17.1 Å². The molecule has 0 spiro atoms. The molecule has 0 saturated heterocycles. The Bertz CT molecular complexity index is 557. The number of methoxy groups -OCH3 is 1. The third-order valence-corrected chi connectivity index (χ3v) is 2.63. The molecule has 0 atom stereocenters. The fraction of sp³-hybridized carbons (Fsp3) is 0.0909. The SMILES string of the molecule is COc1ccc(Br)cc1-c1cnc(C#N)[nH]1. The number of H-pyrrole nitrogens is 1. The minimum absolute atomic E-state index is 0.289. The van der Waals surface area contributed by atoms with Gasteiger partial charge in [-0.3, -0.25) is 0 Å². The van der Waals surface area contributed by atoms with Gasteiger partial charge in [-0.2, -0.15) is 5.26 Å². The minimum atomic E-state index is 0.289. The number of ether oxygens (including phenoxy) is 1. The summed E-state index contributed by atoms with van der Waals surface area (Å²) in [6.07, 6.45) is 1.61. The summed E-state index contributed by atoms with van der Waals surface area (Å²) in [7, 11) is 1.61. The first-order valence-electron chi connectivity index (χ1n) is 4.53. The molecular formula is C11H8BrN3O. The fourth-order valence-corrected chi connectivity index (χ4v) is 1.77. The molecular weight excluding hydrogens is 270 g/mol. The minimum Gasteiger partial charge on any atom is -0.496 e. The fourth-order valence-electron chi connectivity index (χ4n) is 1.41.